The van der Waals surface area contributed by atoms with Gasteiger partial charge < -0.3 is 9.80 Å². The average Bonchev–Trinajstić information content (AvgIpc) is 3.77. The van der Waals surface area contributed by atoms with Crippen molar-refractivity contribution in [3.63, 3.8) is 0 Å². The van der Waals surface area contributed by atoms with Crippen LogP contribution in [-0.4, -0.2) is 16.2 Å². The first-order valence-corrected chi connectivity index (χ1v) is 24.7. The third kappa shape index (κ3) is 8.41. The summed E-state index contributed by atoms with van der Waals surface area (Å²) in [6.07, 6.45) is 0. The maximum absolute atomic E-state index is 5.34. The normalized spacial score (nSPS) is 12.4. The quantitative estimate of drug-likeness (QED) is 0.107. The van der Waals surface area contributed by atoms with Gasteiger partial charge in [0.05, 0.1) is 28.1 Å². The van der Waals surface area contributed by atoms with Gasteiger partial charge >= 0.3 is 0 Å². The van der Waals surface area contributed by atoms with E-state index in [1.807, 2.05) is 48.2 Å². The van der Waals surface area contributed by atoms with Gasteiger partial charge in [-0.2, -0.15) is 0 Å². The molecule has 5 nitrogen and oxygen atoms in total. The molecule has 338 valence electrons. The number of anilines is 6. The van der Waals surface area contributed by atoms with E-state index in [2.05, 4.69) is 246 Å². The number of nitrogens with zero attached hydrogens (tertiary/aromatic N) is 5. The van der Waals surface area contributed by atoms with Crippen molar-refractivity contribution in [1.29, 1.82) is 0 Å². The van der Waals surface area contributed by atoms with Gasteiger partial charge in [-0.25, -0.2) is 9.98 Å². The molecule has 11 aromatic rings. The van der Waals surface area contributed by atoms with Gasteiger partial charge in [0.1, 0.15) is 5.84 Å². The maximum atomic E-state index is 5.34. The Balaban J connectivity index is 0.906. The fourth-order valence-electron chi connectivity index (χ4n) is 9.69. The van der Waals surface area contributed by atoms with E-state index in [0.29, 0.717) is 11.5 Å². The van der Waals surface area contributed by atoms with E-state index < -0.39 is 0 Å². The lowest BCUT2D eigenvalue weighted by molar-refractivity contribution is 1.16. The highest BCUT2D eigenvalue weighted by Gasteiger charge is 2.26. The van der Waals surface area contributed by atoms with Crippen molar-refractivity contribution in [3.8, 4) is 22.3 Å². The van der Waals surface area contributed by atoms with Gasteiger partial charge in [0, 0.05) is 48.9 Å². The first-order chi connectivity index (χ1) is 35.0. The molecule has 0 fully saturated rings. The van der Waals surface area contributed by atoms with Crippen LogP contribution in [0.15, 0.2) is 281 Å². The average molecular weight is 930 g/mol. The second kappa shape index (κ2) is 18.8. The molecular formula is C65H47N5S. The van der Waals surface area contributed by atoms with E-state index in [0.717, 1.165) is 89.5 Å². The molecule has 0 saturated carbocycles. The van der Waals surface area contributed by atoms with E-state index in [1.165, 1.54) is 15.5 Å². The van der Waals surface area contributed by atoms with Gasteiger partial charge in [-0.3, -0.25) is 4.57 Å². The summed E-state index contributed by atoms with van der Waals surface area (Å²) in [4.78, 5) is 17.6. The van der Waals surface area contributed by atoms with Crippen LogP contribution in [0.3, 0.4) is 0 Å². The van der Waals surface area contributed by atoms with Crippen molar-refractivity contribution in [2.45, 2.75) is 16.7 Å². The van der Waals surface area contributed by atoms with Crippen molar-refractivity contribution in [2.24, 2.45) is 9.98 Å². The molecule has 0 atom stereocenters. The highest BCUT2D eigenvalue weighted by molar-refractivity contribution is 7.99. The van der Waals surface area contributed by atoms with Crippen LogP contribution >= 0.6 is 11.8 Å². The summed E-state index contributed by atoms with van der Waals surface area (Å²) < 4.78 is 2.26. The van der Waals surface area contributed by atoms with Gasteiger partial charge in [0.25, 0.3) is 0 Å². The minimum Gasteiger partial charge on any atom is -0.311 e. The molecule has 0 amide bonds. The van der Waals surface area contributed by atoms with Crippen LogP contribution in [0, 0.1) is 0 Å². The topological polar surface area (TPSA) is 36.1 Å². The molecule has 0 spiro atoms. The summed E-state index contributed by atoms with van der Waals surface area (Å²) in [5, 5.41) is 2.32. The van der Waals surface area contributed by atoms with Gasteiger partial charge in [-0.05, 0) is 126 Å². The molecule has 0 saturated heterocycles. The van der Waals surface area contributed by atoms with Crippen molar-refractivity contribution < 1.29 is 0 Å². The Morgan fingerprint density at radius 3 is 1.68 bits per heavy atom. The van der Waals surface area contributed by atoms with Crippen LogP contribution in [0.5, 0.6) is 0 Å². The van der Waals surface area contributed by atoms with Crippen LogP contribution in [0.2, 0.25) is 0 Å². The first kappa shape index (κ1) is 43.3. The lowest BCUT2D eigenvalue weighted by Gasteiger charge is -2.33. The summed E-state index contributed by atoms with van der Waals surface area (Å²) >= 11 is 1.83. The van der Waals surface area contributed by atoms with Crippen LogP contribution in [0.25, 0.3) is 49.8 Å². The molecule has 2 heterocycles. The zero-order chi connectivity index (χ0) is 47.7. The van der Waals surface area contributed by atoms with Gasteiger partial charge in [0.2, 0.25) is 0 Å². The summed E-state index contributed by atoms with van der Waals surface area (Å²) in [6, 6.07) is 90.0. The lowest BCUT2D eigenvalue weighted by atomic mass is 10.0. The van der Waals surface area contributed by atoms with Crippen LogP contribution < -0.4 is 9.80 Å². The maximum Gasteiger partial charge on any atom is 0.161 e. The van der Waals surface area contributed by atoms with Crippen LogP contribution in [0.4, 0.5) is 34.1 Å². The molecular weight excluding hydrogens is 883 g/mol. The highest BCUT2D eigenvalue weighted by Crippen LogP contribution is 2.52. The van der Waals surface area contributed by atoms with E-state index in [4.69, 9.17) is 9.98 Å². The fraction of sp³-hybridized carbons (Fsp3) is 0.0154. The zero-order valence-electron chi connectivity index (χ0n) is 39.1. The van der Waals surface area contributed by atoms with E-state index in [9.17, 15) is 0 Å². The van der Waals surface area contributed by atoms with E-state index >= 15 is 0 Å². The minimum atomic E-state index is 0.595. The number of fused-ring (bicyclic) bond motifs is 5. The minimum absolute atomic E-state index is 0.595. The van der Waals surface area contributed by atoms with E-state index in [-0.39, 0.29) is 0 Å². The molecule has 6 heteroatoms. The second-order valence-electron chi connectivity index (χ2n) is 17.5. The smallest absolute Gasteiger partial charge is 0.161 e. The molecule has 1 aliphatic rings. The number of aliphatic imine (C=N–C) groups is 2. The summed E-state index contributed by atoms with van der Waals surface area (Å²) in [5.41, 5.74) is 16.0. The lowest BCUT2D eigenvalue weighted by Crippen LogP contribution is -2.15. The number of hydrogen-bond donors (Lipinski definition) is 0. The van der Waals surface area contributed by atoms with E-state index in [1.54, 1.807) is 0 Å². The molecule has 0 unspecified atom stereocenters. The standard InChI is InChI=1S/C65H47N5S/c1-45(47-19-7-3-8-20-47)66-65(50-33-31-49(32-34-50)48-21-9-4-10-22-48)67-46(2)68-59-28-16-15-27-57(59)58-43-51(35-41-60(58)68)52-36-42-62-64(44-52)71-63-30-18-17-29-61(63)70(62)56-39-37-55(38-40-56)69(53-23-11-5-12-24-53)54-25-13-6-14-26-54/h3-44H,1H2,2H3. The first-order valence-electron chi connectivity index (χ1n) is 23.8. The Morgan fingerprint density at radius 1 is 0.423 bits per heavy atom. The Bertz CT molecular complexity index is 3750. The largest absolute Gasteiger partial charge is 0.311 e. The molecule has 1 aliphatic heterocycles. The molecule has 0 bridgehead atoms. The van der Waals surface area contributed by atoms with Crippen molar-refractivity contribution in [3.05, 3.63) is 272 Å². The summed E-state index contributed by atoms with van der Waals surface area (Å²) in [7, 11) is 0. The predicted octanol–water partition coefficient (Wildman–Crippen LogP) is 17.9. The summed E-state index contributed by atoms with van der Waals surface area (Å²) in [5.74, 6) is 1.40. The third-order valence-corrected chi connectivity index (χ3v) is 14.2. The Labute approximate surface area is 418 Å². The molecule has 0 aliphatic carbocycles. The van der Waals surface area contributed by atoms with Gasteiger partial charge in [-0.1, -0.05) is 182 Å². The summed E-state index contributed by atoms with van der Waals surface area (Å²) in [6.45, 7) is 6.45. The van der Waals surface area contributed by atoms with Gasteiger partial charge in [0.15, 0.2) is 5.84 Å². The molecule has 1 aromatic heterocycles. The zero-order valence-corrected chi connectivity index (χ0v) is 39.9. The number of rotatable bonds is 9. The van der Waals surface area contributed by atoms with Crippen molar-refractivity contribution in [1.82, 2.24) is 4.57 Å². The Morgan fingerprint density at radius 2 is 0.958 bits per heavy atom. The van der Waals surface area contributed by atoms with Crippen LogP contribution in [0.1, 0.15) is 18.1 Å². The molecule has 12 rings (SSSR count). The molecule has 0 radical (unpaired) electrons. The Hall–Kier alpha value is -8.97. The number of amidine groups is 1. The fourth-order valence-corrected chi connectivity index (χ4v) is 10.8. The molecule has 10 aromatic carbocycles. The molecule has 71 heavy (non-hydrogen) atoms. The van der Waals surface area contributed by atoms with Crippen LogP contribution in [-0.2, 0) is 0 Å². The monoisotopic (exact) mass is 929 g/mol. The molecule has 0 N–H and O–H groups in total. The SMILES string of the molecule is C=C(N=C(N=C(C)n1c2ccccc2c2cc(-c3ccc4c(c3)Sc3ccccc3N4c3ccc(N(c4ccccc4)c4ccccc4)cc3)ccc21)c1ccc(-c2ccccc2)cc1)c1ccccc1. The number of para-hydroxylation sites is 4. The van der Waals surface area contributed by atoms with Gasteiger partial charge in [-0.15, -0.1) is 0 Å². The predicted molar refractivity (Wildman–Crippen MR) is 301 cm³/mol. The second-order valence-corrected chi connectivity index (χ2v) is 18.6. The number of aromatic nitrogens is 1. The number of hydrogen-bond acceptors (Lipinski definition) is 4. The third-order valence-electron chi connectivity index (χ3n) is 13.1. The number of benzene rings is 10. The Kier molecular flexibility index (Phi) is 11.5. The van der Waals surface area contributed by atoms with Crippen molar-refractivity contribution >= 4 is 85.1 Å². The van der Waals surface area contributed by atoms with Crippen molar-refractivity contribution in [2.75, 3.05) is 9.80 Å². The highest BCUT2D eigenvalue weighted by atomic mass is 32.2.